The molecule has 7 heteroatoms. The first-order valence-electron chi connectivity index (χ1n) is 8.92. The lowest BCUT2D eigenvalue weighted by Crippen LogP contribution is -2.33. The van der Waals surface area contributed by atoms with Gasteiger partial charge in [0.2, 0.25) is 0 Å². The maximum absolute atomic E-state index is 13.3. The van der Waals surface area contributed by atoms with E-state index in [1.165, 1.54) is 12.1 Å². The van der Waals surface area contributed by atoms with Crippen LogP contribution >= 0.6 is 0 Å². The number of fused-ring (bicyclic) bond motifs is 2. The van der Waals surface area contributed by atoms with Crippen LogP contribution in [0.3, 0.4) is 0 Å². The summed E-state index contributed by atoms with van der Waals surface area (Å²) in [5.74, 6) is 0.406. The molecule has 0 aliphatic heterocycles. The standard InChI is InChI=1S/C20H20FN5O/c1-3-25(9-8-18-23-16-6-5-15(21)10-17(16)24-18)20(27)14-4-7-19-22-13(2)11-26(19)12-14/h4-7,10-12H,3,8-9H2,1-2H3,(H,23,24). The molecule has 0 saturated heterocycles. The number of rotatable bonds is 5. The molecule has 0 aliphatic rings. The molecule has 0 bridgehead atoms. The van der Waals surface area contributed by atoms with E-state index in [4.69, 9.17) is 0 Å². The second-order valence-electron chi connectivity index (χ2n) is 6.55. The second kappa shape index (κ2) is 6.83. The third-order valence-corrected chi connectivity index (χ3v) is 4.60. The van der Waals surface area contributed by atoms with Crippen molar-refractivity contribution >= 4 is 22.6 Å². The quantitative estimate of drug-likeness (QED) is 0.590. The Kier molecular flexibility index (Phi) is 4.35. The highest BCUT2D eigenvalue weighted by atomic mass is 19.1. The van der Waals surface area contributed by atoms with Crippen LogP contribution in [0.25, 0.3) is 16.7 Å². The van der Waals surface area contributed by atoms with E-state index in [0.29, 0.717) is 30.6 Å². The number of aromatic amines is 1. The van der Waals surface area contributed by atoms with Crippen molar-refractivity contribution < 1.29 is 9.18 Å². The number of carbonyl (C=O) groups excluding carboxylic acids is 1. The van der Waals surface area contributed by atoms with Crippen molar-refractivity contribution in [2.24, 2.45) is 0 Å². The summed E-state index contributed by atoms with van der Waals surface area (Å²) in [4.78, 5) is 26.6. The number of hydrogen-bond donors (Lipinski definition) is 1. The summed E-state index contributed by atoms with van der Waals surface area (Å²) in [6, 6.07) is 8.12. The largest absolute Gasteiger partial charge is 0.342 e. The molecule has 0 saturated carbocycles. The molecule has 27 heavy (non-hydrogen) atoms. The summed E-state index contributed by atoms with van der Waals surface area (Å²) in [5.41, 5.74) is 3.74. The maximum Gasteiger partial charge on any atom is 0.255 e. The lowest BCUT2D eigenvalue weighted by atomic mass is 10.2. The first-order chi connectivity index (χ1) is 13.0. The normalized spacial score (nSPS) is 11.4. The molecule has 0 aliphatic carbocycles. The predicted octanol–water partition coefficient (Wildman–Crippen LogP) is 3.36. The van der Waals surface area contributed by atoms with Crippen LogP contribution < -0.4 is 0 Å². The van der Waals surface area contributed by atoms with Crippen LogP contribution in [0.1, 0.15) is 28.8 Å². The third kappa shape index (κ3) is 3.40. The molecule has 0 atom stereocenters. The third-order valence-electron chi connectivity index (χ3n) is 4.60. The molecule has 3 heterocycles. The summed E-state index contributed by atoms with van der Waals surface area (Å²) in [5, 5.41) is 0. The van der Waals surface area contributed by atoms with Gasteiger partial charge in [-0.1, -0.05) is 0 Å². The van der Waals surface area contributed by atoms with Crippen LogP contribution in [0.4, 0.5) is 4.39 Å². The number of halogens is 1. The molecular weight excluding hydrogens is 345 g/mol. The van der Waals surface area contributed by atoms with Gasteiger partial charge in [0.05, 0.1) is 22.3 Å². The zero-order valence-electron chi connectivity index (χ0n) is 15.2. The van der Waals surface area contributed by atoms with Crippen LogP contribution in [-0.2, 0) is 6.42 Å². The van der Waals surface area contributed by atoms with Gasteiger partial charge in [0.1, 0.15) is 17.3 Å². The van der Waals surface area contributed by atoms with Crippen molar-refractivity contribution in [3.63, 3.8) is 0 Å². The van der Waals surface area contributed by atoms with Crippen molar-refractivity contribution in [1.82, 2.24) is 24.3 Å². The Hall–Kier alpha value is -3.22. The number of carbonyl (C=O) groups is 1. The number of pyridine rings is 1. The Morgan fingerprint density at radius 2 is 2.07 bits per heavy atom. The van der Waals surface area contributed by atoms with E-state index in [1.807, 2.05) is 36.7 Å². The van der Waals surface area contributed by atoms with Crippen molar-refractivity contribution in [1.29, 1.82) is 0 Å². The smallest absolute Gasteiger partial charge is 0.255 e. The van der Waals surface area contributed by atoms with Crippen molar-refractivity contribution in [3.05, 3.63) is 65.6 Å². The van der Waals surface area contributed by atoms with Gasteiger partial charge < -0.3 is 14.3 Å². The molecule has 1 N–H and O–H groups in total. The summed E-state index contributed by atoms with van der Waals surface area (Å²) in [6.07, 6.45) is 4.28. The molecular formula is C20H20FN5O. The minimum Gasteiger partial charge on any atom is -0.342 e. The van der Waals surface area contributed by atoms with E-state index >= 15 is 0 Å². The van der Waals surface area contributed by atoms with Gasteiger partial charge in [-0.05, 0) is 44.2 Å². The second-order valence-corrected chi connectivity index (χ2v) is 6.55. The minimum atomic E-state index is -0.298. The van der Waals surface area contributed by atoms with Gasteiger partial charge in [-0.3, -0.25) is 4.79 Å². The number of nitrogens with one attached hydrogen (secondary N) is 1. The summed E-state index contributed by atoms with van der Waals surface area (Å²) >= 11 is 0. The average molecular weight is 365 g/mol. The first kappa shape index (κ1) is 17.2. The highest BCUT2D eigenvalue weighted by molar-refractivity contribution is 5.94. The Bertz CT molecular complexity index is 1130. The highest BCUT2D eigenvalue weighted by Gasteiger charge is 2.16. The Morgan fingerprint density at radius 3 is 2.89 bits per heavy atom. The zero-order chi connectivity index (χ0) is 19.0. The fourth-order valence-corrected chi connectivity index (χ4v) is 3.22. The van der Waals surface area contributed by atoms with Crippen LogP contribution in [0.2, 0.25) is 0 Å². The van der Waals surface area contributed by atoms with Gasteiger partial charge >= 0.3 is 0 Å². The van der Waals surface area contributed by atoms with Gasteiger partial charge in [0, 0.05) is 31.9 Å². The lowest BCUT2D eigenvalue weighted by Gasteiger charge is -2.20. The predicted molar refractivity (Wildman–Crippen MR) is 101 cm³/mol. The fraction of sp³-hybridized carbons (Fsp3) is 0.250. The number of hydrogen-bond acceptors (Lipinski definition) is 3. The molecule has 138 valence electrons. The van der Waals surface area contributed by atoms with Gasteiger partial charge in [-0.15, -0.1) is 0 Å². The zero-order valence-corrected chi connectivity index (χ0v) is 15.2. The molecule has 6 nitrogen and oxygen atoms in total. The van der Waals surface area contributed by atoms with E-state index in [1.54, 1.807) is 17.0 Å². The van der Waals surface area contributed by atoms with Crippen LogP contribution in [-0.4, -0.2) is 43.2 Å². The van der Waals surface area contributed by atoms with Gasteiger partial charge in [-0.25, -0.2) is 14.4 Å². The molecule has 0 fully saturated rings. The fourth-order valence-electron chi connectivity index (χ4n) is 3.22. The maximum atomic E-state index is 13.3. The number of benzene rings is 1. The topological polar surface area (TPSA) is 66.3 Å². The van der Waals surface area contributed by atoms with Gasteiger partial charge in [0.25, 0.3) is 5.91 Å². The molecule has 4 aromatic rings. The molecule has 0 radical (unpaired) electrons. The van der Waals surface area contributed by atoms with E-state index in [9.17, 15) is 9.18 Å². The van der Waals surface area contributed by atoms with Crippen LogP contribution in [0.15, 0.2) is 42.7 Å². The monoisotopic (exact) mass is 365 g/mol. The van der Waals surface area contributed by atoms with Gasteiger partial charge in [0.15, 0.2) is 0 Å². The number of nitrogens with zero attached hydrogens (tertiary/aromatic N) is 4. The Labute approximate surface area is 155 Å². The number of H-pyrrole nitrogens is 1. The molecule has 1 amide bonds. The van der Waals surface area contributed by atoms with Crippen molar-refractivity contribution in [2.75, 3.05) is 13.1 Å². The molecule has 4 rings (SSSR count). The Morgan fingerprint density at radius 1 is 1.22 bits per heavy atom. The molecule has 3 aromatic heterocycles. The minimum absolute atomic E-state index is 0.0343. The van der Waals surface area contributed by atoms with Crippen molar-refractivity contribution in [2.45, 2.75) is 20.3 Å². The number of aromatic nitrogens is 4. The van der Waals surface area contributed by atoms with Crippen LogP contribution in [0.5, 0.6) is 0 Å². The van der Waals surface area contributed by atoms with E-state index in [0.717, 1.165) is 22.7 Å². The number of likely N-dealkylation sites (N-methyl/N-ethyl adjacent to an activating group) is 1. The SMILES string of the molecule is CCN(CCc1nc2ccc(F)cc2[nH]1)C(=O)c1ccc2nc(C)cn2c1. The average Bonchev–Trinajstić information content (AvgIpc) is 3.22. The van der Waals surface area contributed by atoms with Crippen LogP contribution in [0, 0.1) is 12.7 Å². The van der Waals surface area contributed by atoms with E-state index in [2.05, 4.69) is 15.0 Å². The number of amides is 1. The van der Waals surface area contributed by atoms with E-state index in [-0.39, 0.29) is 11.7 Å². The number of aryl methyl sites for hydroxylation is 1. The molecule has 1 aromatic carbocycles. The first-order valence-corrected chi connectivity index (χ1v) is 8.92. The highest BCUT2D eigenvalue weighted by Crippen LogP contribution is 2.14. The Balaban J connectivity index is 1.50. The molecule has 0 spiro atoms. The number of imidazole rings is 2. The van der Waals surface area contributed by atoms with Crippen molar-refractivity contribution in [3.8, 4) is 0 Å². The summed E-state index contributed by atoms with van der Waals surface area (Å²) < 4.78 is 15.2. The van der Waals surface area contributed by atoms with Gasteiger partial charge in [-0.2, -0.15) is 0 Å². The summed E-state index contributed by atoms with van der Waals surface area (Å²) in [7, 11) is 0. The van der Waals surface area contributed by atoms with E-state index < -0.39 is 0 Å². The molecule has 0 unspecified atom stereocenters. The summed E-state index contributed by atoms with van der Waals surface area (Å²) in [6.45, 7) is 4.99. The lowest BCUT2D eigenvalue weighted by molar-refractivity contribution is 0.0765.